The maximum Gasteiger partial charge on any atom is 0.151 e. The quantitative estimate of drug-likeness (QED) is 0.728. The van der Waals surface area contributed by atoms with E-state index in [-0.39, 0.29) is 39.7 Å². The molecule has 0 aliphatic rings. The van der Waals surface area contributed by atoms with Crippen molar-refractivity contribution in [2.24, 2.45) is 5.73 Å². The molecule has 0 aliphatic carbocycles. The third-order valence-corrected chi connectivity index (χ3v) is 2.58. The van der Waals surface area contributed by atoms with Crippen molar-refractivity contribution in [3.63, 3.8) is 0 Å². The molecule has 1 aromatic carbocycles. The summed E-state index contributed by atoms with van der Waals surface area (Å²) in [6.45, 7) is 3.20. The fourth-order valence-electron chi connectivity index (χ4n) is 1.62. The second kappa shape index (κ2) is 8.89. The Balaban J connectivity index is 0.00000180. The molecule has 0 spiro atoms. The third kappa shape index (κ3) is 4.73. The lowest BCUT2D eigenvalue weighted by atomic mass is 10.1. The van der Waals surface area contributed by atoms with E-state index < -0.39 is 0 Å². The highest BCUT2D eigenvalue weighted by molar-refractivity contribution is 8.93. The lowest BCUT2D eigenvalue weighted by molar-refractivity contribution is 0.475. The lowest BCUT2D eigenvalue weighted by Crippen LogP contribution is -2.15. The zero-order chi connectivity index (χ0) is 13.0. The average Bonchev–Trinajstić information content (AvgIpc) is 2.38. The first-order chi connectivity index (χ1) is 8.70. The van der Waals surface area contributed by atoms with Crippen LogP contribution in [0.3, 0.4) is 0 Å². The zero-order valence-electron chi connectivity index (χ0n) is 11.0. The number of anilines is 1. The molecule has 1 heterocycles. The van der Waals surface area contributed by atoms with E-state index in [1.807, 2.05) is 25.1 Å². The fraction of sp³-hybridized carbons (Fsp3) is 0.231. The highest BCUT2D eigenvalue weighted by atomic mass is 79.9. The molecule has 0 unspecified atom stereocenters. The number of aromatic hydroxyl groups is 1. The van der Waals surface area contributed by atoms with E-state index in [2.05, 4.69) is 15.5 Å². The van der Waals surface area contributed by atoms with Gasteiger partial charge in [-0.1, -0.05) is 0 Å². The van der Waals surface area contributed by atoms with Crippen LogP contribution in [-0.4, -0.2) is 28.4 Å². The van der Waals surface area contributed by atoms with Crippen LogP contribution in [0.25, 0.3) is 11.3 Å². The minimum Gasteiger partial charge on any atom is -0.508 e. The van der Waals surface area contributed by atoms with Gasteiger partial charge in [-0.15, -0.1) is 44.2 Å². The van der Waals surface area contributed by atoms with Gasteiger partial charge in [0.05, 0.1) is 5.69 Å². The molecule has 0 radical (unpaired) electrons. The largest absolute Gasteiger partial charge is 0.508 e. The van der Waals surface area contributed by atoms with Crippen LogP contribution in [0.15, 0.2) is 30.3 Å². The number of nitrogens with zero attached hydrogens (tertiary/aromatic N) is 2. The Bertz CT molecular complexity index is 534. The molecule has 1 aromatic heterocycles. The van der Waals surface area contributed by atoms with Crippen molar-refractivity contribution in [1.82, 2.24) is 10.2 Å². The van der Waals surface area contributed by atoms with Crippen LogP contribution >= 0.6 is 34.0 Å². The topological polar surface area (TPSA) is 84.1 Å². The molecule has 110 valence electrons. The molecule has 7 heteroatoms. The van der Waals surface area contributed by atoms with Crippen molar-refractivity contribution < 1.29 is 5.11 Å². The number of nitrogens with two attached hydrogens (primary N) is 1. The van der Waals surface area contributed by atoms with Crippen LogP contribution in [0.2, 0.25) is 0 Å². The molecular formula is C13H18Br2N4O. The molecule has 5 nitrogen and oxygen atoms in total. The first kappa shape index (κ1) is 18.8. The zero-order valence-corrected chi connectivity index (χ0v) is 14.5. The van der Waals surface area contributed by atoms with E-state index in [1.165, 1.54) is 0 Å². The number of phenols is 1. The summed E-state index contributed by atoms with van der Waals surface area (Å²) in [6, 6.07) is 8.84. The second-order valence-electron chi connectivity index (χ2n) is 4.02. The summed E-state index contributed by atoms with van der Waals surface area (Å²) in [5, 5.41) is 20.6. The summed E-state index contributed by atoms with van der Waals surface area (Å²) in [5.74, 6) is 0.993. The second-order valence-corrected chi connectivity index (χ2v) is 4.02. The Morgan fingerprint density at radius 2 is 1.80 bits per heavy atom. The van der Waals surface area contributed by atoms with Crippen molar-refractivity contribution in [3.05, 3.63) is 35.9 Å². The van der Waals surface area contributed by atoms with Crippen molar-refractivity contribution in [1.29, 1.82) is 0 Å². The normalized spacial score (nSPS) is 9.30. The smallest absolute Gasteiger partial charge is 0.151 e. The van der Waals surface area contributed by atoms with Gasteiger partial charge in [-0.2, -0.15) is 0 Å². The molecule has 0 saturated carbocycles. The van der Waals surface area contributed by atoms with Gasteiger partial charge in [-0.05, 0) is 42.8 Å². The lowest BCUT2D eigenvalue weighted by Gasteiger charge is -2.08. The van der Waals surface area contributed by atoms with Crippen LogP contribution < -0.4 is 11.1 Å². The van der Waals surface area contributed by atoms with Crippen molar-refractivity contribution in [3.8, 4) is 17.0 Å². The number of nitrogens with one attached hydrogen (secondary N) is 1. The summed E-state index contributed by atoms with van der Waals surface area (Å²) < 4.78 is 0. The predicted octanol–water partition coefficient (Wildman–Crippen LogP) is 2.68. The maximum atomic E-state index is 9.24. The molecule has 0 atom stereocenters. The van der Waals surface area contributed by atoms with Crippen LogP contribution in [0.5, 0.6) is 5.75 Å². The first-order valence-electron chi connectivity index (χ1n) is 5.78. The van der Waals surface area contributed by atoms with E-state index in [0.29, 0.717) is 13.1 Å². The summed E-state index contributed by atoms with van der Waals surface area (Å²) >= 11 is 0. The molecule has 2 rings (SSSR count). The molecule has 4 N–H and O–H groups in total. The Kier molecular flexibility index (Phi) is 8.36. The molecule has 0 saturated heterocycles. The average molecular weight is 406 g/mol. The van der Waals surface area contributed by atoms with Gasteiger partial charge in [0, 0.05) is 18.7 Å². The van der Waals surface area contributed by atoms with E-state index >= 15 is 0 Å². The number of phenolic OH excluding ortho intramolecular Hbond substituents is 1. The van der Waals surface area contributed by atoms with Gasteiger partial charge < -0.3 is 16.2 Å². The van der Waals surface area contributed by atoms with E-state index in [4.69, 9.17) is 5.73 Å². The number of rotatable bonds is 4. The van der Waals surface area contributed by atoms with Gasteiger partial charge in [-0.25, -0.2) is 0 Å². The molecule has 0 bridgehead atoms. The van der Waals surface area contributed by atoms with Crippen molar-refractivity contribution in [2.45, 2.75) is 6.92 Å². The highest BCUT2D eigenvalue weighted by Gasteiger charge is 2.05. The van der Waals surface area contributed by atoms with Gasteiger partial charge in [0.25, 0.3) is 0 Å². The molecule has 0 amide bonds. The standard InChI is InChI=1S/C13H16N4O.2BrH/c1-9-8-12(10-2-4-11(18)5-3-10)16-17-13(9)15-7-6-14;;/h2-5,8,18H,6-7,14H2,1H3,(H,15,17);2*1H. The third-order valence-electron chi connectivity index (χ3n) is 2.58. The molecule has 0 fully saturated rings. The van der Waals surface area contributed by atoms with E-state index in [9.17, 15) is 5.11 Å². The van der Waals surface area contributed by atoms with Gasteiger partial charge in [0.15, 0.2) is 5.82 Å². The maximum absolute atomic E-state index is 9.24. The van der Waals surface area contributed by atoms with Crippen molar-refractivity contribution >= 4 is 39.8 Å². The Hall–Kier alpha value is -1.18. The van der Waals surface area contributed by atoms with Gasteiger partial charge in [0.2, 0.25) is 0 Å². The summed E-state index contributed by atoms with van der Waals surface area (Å²) in [5.41, 5.74) is 8.15. The Morgan fingerprint density at radius 1 is 1.15 bits per heavy atom. The van der Waals surface area contributed by atoms with E-state index in [1.54, 1.807) is 12.1 Å². The number of aryl methyl sites for hydroxylation is 1. The minimum absolute atomic E-state index is 0. The Labute approximate surface area is 139 Å². The number of halogens is 2. The molecule has 0 aliphatic heterocycles. The summed E-state index contributed by atoms with van der Waals surface area (Å²) in [7, 11) is 0. The Morgan fingerprint density at radius 3 is 2.35 bits per heavy atom. The van der Waals surface area contributed by atoms with Crippen LogP contribution in [0.4, 0.5) is 5.82 Å². The number of benzene rings is 1. The number of hydrogen-bond donors (Lipinski definition) is 3. The first-order valence-corrected chi connectivity index (χ1v) is 5.78. The van der Waals surface area contributed by atoms with Crippen molar-refractivity contribution in [2.75, 3.05) is 18.4 Å². The van der Waals surface area contributed by atoms with Gasteiger partial charge in [-0.3, -0.25) is 0 Å². The monoisotopic (exact) mass is 404 g/mol. The molecule has 2 aromatic rings. The van der Waals surface area contributed by atoms with Gasteiger partial charge in [0.1, 0.15) is 5.75 Å². The molecular weight excluding hydrogens is 388 g/mol. The highest BCUT2D eigenvalue weighted by Crippen LogP contribution is 2.22. The summed E-state index contributed by atoms with van der Waals surface area (Å²) in [6.07, 6.45) is 0. The fourth-order valence-corrected chi connectivity index (χ4v) is 1.62. The van der Waals surface area contributed by atoms with Crippen LogP contribution in [0, 0.1) is 6.92 Å². The van der Waals surface area contributed by atoms with Crippen LogP contribution in [0.1, 0.15) is 5.56 Å². The number of hydrogen-bond acceptors (Lipinski definition) is 5. The minimum atomic E-state index is 0. The van der Waals surface area contributed by atoms with Gasteiger partial charge >= 0.3 is 0 Å². The molecule has 20 heavy (non-hydrogen) atoms. The predicted molar refractivity (Wildman–Crippen MR) is 92.1 cm³/mol. The van der Waals surface area contributed by atoms with E-state index in [0.717, 1.165) is 22.6 Å². The number of aromatic nitrogens is 2. The van der Waals surface area contributed by atoms with Crippen LogP contribution in [-0.2, 0) is 0 Å². The SMILES string of the molecule is Br.Br.Cc1cc(-c2ccc(O)cc2)nnc1NCCN. The summed E-state index contributed by atoms with van der Waals surface area (Å²) in [4.78, 5) is 0.